The molecule has 1 N–H and O–H groups in total. The van der Waals surface area contributed by atoms with Gasteiger partial charge in [0.15, 0.2) is 0 Å². The van der Waals surface area contributed by atoms with Gasteiger partial charge < -0.3 is 10.1 Å². The number of hydrogen-bond donors (Lipinski definition) is 1. The van der Waals surface area contributed by atoms with Crippen LogP contribution in [0.15, 0.2) is 47.9 Å². The van der Waals surface area contributed by atoms with E-state index in [1.165, 1.54) is 36.7 Å². The zero-order valence-corrected chi connectivity index (χ0v) is 13.3. The molecule has 23 heavy (non-hydrogen) atoms. The molecule has 1 heterocycles. The number of carbonyl (C=O) groups excluding carboxylic acids is 2. The minimum absolute atomic E-state index is 0.0380. The van der Waals surface area contributed by atoms with Crippen LogP contribution in [0.1, 0.15) is 22.9 Å². The summed E-state index contributed by atoms with van der Waals surface area (Å²) in [5, 5.41) is 4.60. The van der Waals surface area contributed by atoms with E-state index in [2.05, 4.69) is 10.1 Å². The van der Waals surface area contributed by atoms with E-state index in [4.69, 9.17) is 0 Å². The highest BCUT2D eigenvalue weighted by atomic mass is 32.1. The van der Waals surface area contributed by atoms with Crippen LogP contribution in [0, 0.1) is 5.82 Å². The summed E-state index contributed by atoms with van der Waals surface area (Å²) in [5.41, 5.74) is 0.322. The summed E-state index contributed by atoms with van der Waals surface area (Å²) in [6.07, 6.45) is 2.68. The molecule has 6 heteroatoms. The van der Waals surface area contributed by atoms with Gasteiger partial charge in [0.2, 0.25) is 5.91 Å². The molecule has 0 saturated carbocycles. The molecule has 1 unspecified atom stereocenters. The number of rotatable bonds is 6. The van der Waals surface area contributed by atoms with Gasteiger partial charge >= 0.3 is 5.97 Å². The zero-order chi connectivity index (χ0) is 16.7. The van der Waals surface area contributed by atoms with E-state index in [1.54, 1.807) is 18.2 Å². The lowest BCUT2D eigenvalue weighted by atomic mass is 10.1. The monoisotopic (exact) mass is 333 g/mol. The number of ether oxygens (including phenoxy) is 1. The molecule has 1 aromatic heterocycles. The van der Waals surface area contributed by atoms with E-state index in [-0.39, 0.29) is 6.42 Å². The van der Waals surface area contributed by atoms with Gasteiger partial charge in [-0.1, -0.05) is 24.3 Å². The second-order valence-electron chi connectivity index (χ2n) is 4.71. The van der Waals surface area contributed by atoms with Crippen LogP contribution in [-0.4, -0.2) is 19.0 Å². The molecule has 0 aliphatic heterocycles. The highest BCUT2D eigenvalue weighted by Gasteiger charge is 2.18. The maximum atomic E-state index is 13.5. The quantitative estimate of drug-likeness (QED) is 0.652. The molecule has 2 aromatic rings. The Bertz CT molecular complexity index is 698. The fraction of sp³-hybridized carbons (Fsp3) is 0.176. The SMILES string of the molecule is COC(=O)CC(NC(=O)/C=C/c1ccccc1F)c1cccs1. The first-order chi connectivity index (χ1) is 11.1. The highest BCUT2D eigenvalue weighted by molar-refractivity contribution is 7.10. The summed E-state index contributed by atoms with van der Waals surface area (Å²) in [6, 6.07) is 9.36. The molecule has 0 fully saturated rings. The van der Waals surface area contributed by atoms with Crippen molar-refractivity contribution in [2.45, 2.75) is 12.5 Å². The van der Waals surface area contributed by atoms with E-state index in [1.807, 2.05) is 17.5 Å². The van der Waals surface area contributed by atoms with Crippen LogP contribution in [0.4, 0.5) is 4.39 Å². The number of methoxy groups -OCH3 is 1. The van der Waals surface area contributed by atoms with E-state index in [0.29, 0.717) is 5.56 Å². The summed E-state index contributed by atoms with van der Waals surface area (Å²) in [7, 11) is 1.30. The Morgan fingerprint density at radius 3 is 2.74 bits per heavy atom. The van der Waals surface area contributed by atoms with Crippen molar-refractivity contribution < 1.29 is 18.7 Å². The van der Waals surface area contributed by atoms with Crippen molar-refractivity contribution in [1.82, 2.24) is 5.32 Å². The number of halogens is 1. The Balaban J connectivity index is 2.05. The summed E-state index contributed by atoms with van der Waals surface area (Å²) < 4.78 is 18.2. The fourth-order valence-electron chi connectivity index (χ4n) is 1.96. The van der Waals surface area contributed by atoms with Crippen molar-refractivity contribution in [3.8, 4) is 0 Å². The molecule has 0 bridgehead atoms. The van der Waals surface area contributed by atoms with Crippen LogP contribution in [0.25, 0.3) is 6.08 Å². The maximum Gasteiger partial charge on any atom is 0.307 e. The van der Waals surface area contributed by atoms with Crippen molar-refractivity contribution in [1.29, 1.82) is 0 Å². The Morgan fingerprint density at radius 1 is 1.30 bits per heavy atom. The van der Waals surface area contributed by atoms with Gasteiger partial charge in [0.05, 0.1) is 19.6 Å². The lowest BCUT2D eigenvalue weighted by molar-refractivity contribution is -0.141. The van der Waals surface area contributed by atoms with Crippen molar-refractivity contribution in [2.24, 2.45) is 0 Å². The molecule has 4 nitrogen and oxygen atoms in total. The summed E-state index contributed by atoms with van der Waals surface area (Å²) in [4.78, 5) is 24.4. The average Bonchev–Trinajstić information content (AvgIpc) is 3.07. The summed E-state index contributed by atoms with van der Waals surface area (Å²) >= 11 is 1.44. The molecule has 0 spiro atoms. The predicted octanol–water partition coefficient (Wildman–Crippen LogP) is 3.32. The first-order valence-corrected chi connectivity index (χ1v) is 7.81. The van der Waals surface area contributed by atoms with Gasteiger partial charge in [-0.05, 0) is 23.6 Å². The largest absolute Gasteiger partial charge is 0.469 e. The Labute approximate surface area is 137 Å². The molecule has 1 amide bonds. The molecule has 120 valence electrons. The fourth-order valence-corrected chi connectivity index (χ4v) is 2.74. The third kappa shape index (κ3) is 5.03. The van der Waals surface area contributed by atoms with Crippen molar-refractivity contribution in [3.63, 3.8) is 0 Å². The highest BCUT2D eigenvalue weighted by Crippen LogP contribution is 2.22. The first kappa shape index (κ1) is 16.9. The number of amides is 1. The number of thiophene rings is 1. The van der Waals surface area contributed by atoms with Crippen LogP contribution in [0.3, 0.4) is 0 Å². The number of hydrogen-bond acceptors (Lipinski definition) is 4. The molecular formula is C17H16FNO3S. The molecule has 2 rings (SSSR count). The van der Waals surface area contributed by atoms with Crippen LogP contribution < -0.4 is 5.32 Å². The van der Waals surface area contributed by atoms with E-state index in [9.17, 15) is 14.0 Å². The predicted molar refractivity (Wildman–Crippen MR) is 87.3 cm³/mol. The number of esters is 1. The summed E-state index contributed by atoms with van der Waals surface area (Å²) in [5.74, 6) is -1.22. The number of benzene rings is 1. The van der Waals surface area contributed by atoms with Gasteiger partial charge in [0.25, 0.3) is 0 Å². The third-order valence-corrected chi connectivity index (χ3v) is 4.11. The van der Waals surface area contributed by atoms with Gasteiger partial charge in [-0.2, -0.15) is 0 Å². The maximum absolute atomic E-state index is 13.5. The first-order valence-electron chi connectivity index (χ1n) is 6.93. The molecule has 1 atom stereocenters. The Kier molecular flexibility index (Phi) is 6.05. The van der Waals surface area contributed by atoms with Gasteiger partial charge in [-0.25, -0.2) is 4.39 Å². The van der Waals surface area contributed by atoms with E-state index < -0.39 is 23.7 Å². The van der Waals surface area contributed by atoms with Crippen LogP contribution in [0.5, 0.6) is 0 Å². The van der Waals surface area contributed by atoms with Gasteiger partial charge in [0, 0.05) is 16.5 Å². The zero-order valence-electron chi connectivity index (χ0n) is 12.5. The van der Waals surface area contributed by atoms with Gasteiger partial charge in [-0.15, -0.1) is 11.3 Å². The number of carbonyl (C=O) groups is 2. The minimum atomic E-state index is -0.472. The van der Waals surface area contributed by atoms with E-state index in [0.717, 1.165) is 4.88 Å². The lowest BCUT2D eigenvalue weighted by Crippen LogP contribution is -2.28. The molecule has 1 aromatic carbocycles. The van der Waals surface area contributed by atoms with Crippen molar-refractivity contribution >= 4 is 29.3 Å². The third-order valence-electron chi connectivity index (χ3n) is 3.12. The lowest BCUT2D eigenvalue weighted by Gasteiger charge is -2.15. The smallest absolute Gasteiger partial charge is 0.307 e. The summed E-state index contributed by atoms with van der Waals surface area (Å²) in [6.45, 7) is 0. The van der Waals surface area contributed by atoms with E-state index >= 15 is 0 Å². The Hall–Kier alpha value is -2.47. The molecule has 0 saturated heterocycles. The molecule has 0 radical (unpaired) electrons. The van der Waals surface area contributed by atoms with Crippen LogP contribution >= 0.6 is 11.3 Å². The molecular weight excluding hydrogens is 317 g/mol. The van der Waals surface area contributed by atoms with Crippen LogP contribution in [-0.2, 0) is 14.3 Å². The second-order valence-corrected chi connectivity index (χ2v) is 5.69. The van der Waals surface area contributed by atoms with Gasteiger partial charge in [0.1, 0.15) is 5.82 Å². The topological polar surface area (TPSA) is 55.4 Å². The minimum Gasteiger partial charge on any atom is -0.469 e. The Morgan fingerprint density at radius 2 is 2.09 bits per heavy atom. The molecule has 0 aliphatic rings. The van der Waals surface area contributed by atoms with Gasteiger partial charge in [-0.3, -0.25) is 9.59 Å². The molecule has 0 aliphatic carbocycles. The van der Waals surface area contributed by atoms with Crippen LogP contribution in [0.2, 0.25) is 0 Å². The second kappa shape index (κ2) is 8.24. The normalized spacial score (nSPS) is 12.1. The van der Waals surface area contributed by atoms with Crippen molar-refractivity contribution in [3.05, 3.63) is 64.1 Å². The van der Waals surface area contributed by atoms with Crippen molar-refractivity contribution in [2.75, 3.05) is 7.11 Å². The standard InChI is InChI=1S/C17H16FNO3S/c1-22-17(21)11-14(15-7-4-10-23-15)19-16(20)9-8-12-5-2-3-6-13(12)18/h2-10,14H,11H2,1H3,(H,19,20)/b9-8+. The average molecular weight is 333 g/mol. The number of nitrogens with one attached hydrogen (secondary N) is 1.